The van der Waals surface area contributed by atoms with Crippen LogP contribution in [-0.4, -0.2) is 25.2 Å². The van der Waals surface area contributed by atoms with Crippen molar-refractivity contribution in [2.45, 2.75) is 85.5 Å². The van der Waals surface area contributed by atoms with Crippen LogP contribution in [0.3, 0.4) is 0 Å². The van der Waals surface area contributed by atoms with Crippen LogP contribution in [-0.2, 0) is 19.1 Å². The highest BCUT2D eigenvalue weighted by Gasteiger charge is 2.28. The summed E-state index contributed by atoms with van der Waals surface area (Å²) in [5, 5.41) is 0. The molecule has 0 amide bonds. The van der Waals surface area contributed by atoms with Crippen LogP contribution in [0.15, 0.2) is 23.3 Å². The molecule has 1 aliphatic carbocycles. The molecule has 0 aromatic rings. The Labute approximate surface area is 165 Å². The maximum atomic E-state index is 12.0. The van der Waals surface area contributed by atoms with Crippen LogP contribution in [0.1, 0.15) is 85.5 Å². The quantitative estimate of drug-likeness (QED) is 0.260. The van der Waals surface area contributed by atoms with E-state index >= 15 is 0 Å². The summed E-state index contributed by atoms with van der Waals surface area (Å²) in [7, 11) is 0. The number of ether oxygens (including phenoxy) is 2. The first-order chi connectivity index (χ1) is 13.0. The SMILES string of the molecule is CCOC(=O)C(C/C=C(\C)CC/C=C(\C)CC1CCCCC1)C(=O)OCC. The van der Waals surface area contributed by atoms with Crippen LogP contribution >= 0.6 is 0 Å². The van der Waals surface area contributed by atoms with Gasteiger partial charge in [-0.05, 0) is 59.3 Å². The van der Waals surface area contributed by atoms with Crippen molar-refractivity contribution in [1.29, 1.82) is 0 Å². The third-order valence-electron chi connectivity index (χ3n) is 5.21. The van der Waals surface area contributed by atoms with Crippen molar-refractivity contribution in [3.63, 3.8) is 0 Å². The van der Waals surface area contributed by atoms with Crippen molar-refractivity contribution in [1.82, 2.24) is 0 Å². The highest BCUT2D eigenvalue weighted by molar-refractivity contribution is 5.95. The minimum absolute atomic E-state index is 0.266. The number of allylic oxidation sites excluding steroid dienone is 4. The number of rotatable bonds is 11. The predicted octanol–water partition coefficient (Wildman–Crippen LogP) is 5.76. The van der Waals surface area contributed by atoms with E-state index in [1.54, 1.807) is 13.8 Å². The zero-order valence-electron chi connectivity index (χ0n) is 17.7. The Kier molecular flexibility index (Phi) is 11.8. The van der Waals surface area contributed by atoms with Crippen LogP contribution in [0.2, 0.25) is 0 Å². The van der Waals surface area contributed by atoms with E-state index in [2.05, 4.69) is 19.9 Å². The summed E-state index contributed by atoms with van der Waals surface area (Å²) in [6, 6.07) is 0. The van der Waals surface area contributed by atoms with Crippen LogP contribution in [0.4, 0.5) is 0 Å². The fraction of sp³-hybridized carbons (Fsp3) is 0.739. The van der Waals surface area contributed by atoms with Gasteiger partial charge in [-0.1, -0.05) is 55.4 Å². The molecule has 0 heterocycles. The lowest BCUT2D eigenvalue weighted by molar-refractivity contribution is -0.161. The molecule has 0 saturated heterocycles. The summed E-state index contributed by atoms with van der Waals surface area (Å²) >= 11 is 0. The molecule has 1 fully saturated rings. The standard InChI is InChI=1S/C23H38O4/c1-5-26-22(24)21(23(25)27-6-2)16-15-18(3)11-10-12-19(4)17-20-13-8-7-9-14-20/h12,15,20-21H,5-11,13-14,16-17H2,1-4H3/b18-15+,19-12+. The first-order valence-corrected chi connectivity index (χ1v) is 10.6. The molecule has 0 aliphatic heterocycles. The molecule has 0 radical (unpaired) electrons. The van der Waals surface area contributed by atoms with Gasteiger partial charge in [-0.15, -0.1) is 0 Å². The number of carbonyl (C=O) groups excluding carboxylic acids is 2. The molecule has 0 spiro atoms. The Bertz CT molecular complexity index is 494. The van der Waals surface area contributed by atoms with Crippen molar-refractivity contribution < 1.29 is 19.1 Å². The number of hydrogen-bond donors (Lipinski definition) is 0. The van der Waals surface area contributed by atoms with Gasteiger partial charge in [-0.2, -0.15) is 0 Å². The summed E-state index contributed by atoms with van der Waals surface area (Å²) in [6.45, 7) is 8.31. The zero-order valence-corrected chi connectivity index (χ0v) is 17.7. The second kappa shape index (κ2) is 13.6. The lowest BCUT2D eigenvalue weighted by Gasteiger charge is -2.21. The predicted molar refractivity (Wildman–Crippen MR) is 109 cm³/mol. The largest absolute Gasteiger partial charge is 0.465 e. The van der Waals surface area contributed by atoms with Crippen molar-refractivity contribution in [3.8, 4) is 0 Å². The van der Waals surface area contributed by atoms with E-state index in [4.69, 9.17) is 9.47 Å². The summed E-state index contributed by atoms with van der Waals surface area (Å²) in [5.41, 5.74) is 2.68. The maximum Gasteiger partial charge on any atom is 0.320 e. The van der Waals surface area contributed by atoms with E-state index < -0.39 is 17.9 Å². The third kappa shape index (κ3) is 9.78. The molecule has 0 aromatic heterocycles. The Hall–Kier alpha value is -1.58. The minimum Gasteiger partial charge on any atom is -0.465 e. The molecule has 27 heavy (non-hydrogen) atoms. The smallest absolute Gasteiger partial charge is 0.320 e. The van der Waals surface area contributed by atoms with Crippen LogP contribution in [0, 0.1) is 11.8 Å². The van der Waals surface area contributed by atoms with E-state index in [0.717, 1.165) is 18.8 Å². The topological polar surface area (TPSA) is 52.6 Å². The van der Waals surface area contributed by atoms with E-state index in [-0.39, 0.29) is 13.2 Å². The van der Waals surface area contributed by atoms with Crippen molar-refractivity contribution >= 4 is 11.9 Å². The molecule has 4 nitrogen and oxygen atoms in total. The Morgan fingerprint density at radius 3 is 2.07 bits per heavy atom. The molecular weight excluding hydrogens is 340 g/mol. The Morgan fingerprint density at radius 2 is 1.52 bits per heavy atom. The molecule has 154 valence electrons. The molecule has 1 saturated carbocycles. The van der Waals surface area contributed by atoms with Gasteiger partial charge in [-0.25, -0.2) is 0 Å². The molecule has 0 aromatic carbocycles. The molecule has 1 aliphatic rings. The van der Waals surface area contributed by atoms with Crippen molar-refractivity contribution in [2.75, 3.05) is 13.2 Å². The number of carbonyl (C=O) groups is 2. The second-order valence-electron chi connectivity index (χ2n) is 7.64. The Balaban J connectivity index is 2.46. The van der Waals surface area contributed by atoms with Gasteiger partial charge in [0.2, 0.25) is 0 Å². The molecular formula is C23H38O4. The fourth-order valence-corrected chi connectivity index (χ4v) is 3.67. The van der Waals surface area contributed by atoms with Gasteiger partial charge in [0, 0.05) is 0 Å². The summed E-state index contributed by atoms with van der Waals surface area (Å²) in [5.74, 6) is -0.976. The second-order valence-corrected chi connectivity index (χ2v) is 7.64. The first-order valence-electron chi connectivity index (χ1n) is 10.6. The zero-order chi connectivity index (χ0) is 20.1. The molecule has 0 unspecified atom stereocenters. The average Bonchev–Trinajstić information content (AvgIpc) is 2.63. The normalized spacial score (nSPS) is 16.5. The van der Waals surface area contributed by atoms with Crippen molar-refractivity contribution in [2.24, 2.45) is 11.8 Å². The van der Waals surface area contributed by atoms with Gasteiger partial charge in [-0.3, -0.25) is 9.59 Å². The van der Waals surface area contributed by atoms with Crippen LogP contribution < -0.4 is 0 Å². The maximum absolute atomic E-state index is 12.0. The Morgan fingerprint density at radius 1 is 0.926 bits per heavy atom. The van der Waals surface area contributed by atoms with E-state index in [1.807, 2.05) is 6.08 Å². The lowest BCUT2D eigenvalue weighted by Crippen LogP contribution is -2.27. The van der Waals surface area contributed by atoms with E-state index in [0.29, 0.717) is 6.42 Å². The third-order valence-corrected chi connectivity index (χ3v) is 5.21. The number of hydrogen-bond acceptors (Lipinski definition) is 4. The number of esters is 2. The van der Waals surface area contributed by atoms with E-state index in [1.165, 1.54) is 49.7 Å². The molecule has 4 heteroatoms. The van der Waals surface area contributed by atoms with Gasteiger partial charge in [0.05, 0.1) is 13.2 Å². The highest BCUT2D eigenvalue weighted by Crippen LogP contribution is 2.29. The average molecular weight is 379 g/mol. The van der Waals surface area contributed by atoms with E-state index in [9.17, 15) is 9.59 Å². The van der Waals surface area contributed by atoms with Gasteiger partial charge < -0.3 is 9.47 Å². The van der Waals surface area contributed by atoms with Crippen molar-refractivity contribution in [3.05, 3.63) is 23.3 Å². The van der Waals surface area contributed by atoms with Gasteiger partial charge in [0.25, 0.3) is 0 Å². The van der Waals surface area contributed by atoms with Crippen LogP contribution in [0.25, 0.3) is 0 Å². The summed E-state index contributed by atoms with van der Waals surface area (Å²) in [6.07, 6.45) is 14.8. The molecule has 0 bridgehead atoms. The van der Waals surface area contributed by atoms with Crippen LogP contribution in [0.5, 0.6) is 0 Å². The fourth-order valence-electron chi connectivity index (χ4n) is 3.67. The first kappa shape index (κ1) is 23.5. The monoisotopic (exact) mass is 378 g/mol. The molecule has 0 N–H and O–H groups in total. The van der Waals surface area contributed by atoms with Gasteiger partial charge in [0.15, 0.2) is 5.92 Å². The molecule has 1 rings (SSSR count). The highest BCUT2D eigenvalue weighted by atomic mass is 16.6. The summed E-state index contributed by atoms with van der Waals surface area (Å²) in [4.78, 5) is 24.0. The lowest BCUT2D eigenvalue weighted by atomic mass is 9.85. The minimum atomic E-state index is -0.858. The molecule has 0 atom stereocenters. The van der Waals surface area contributed by atoms with Gasteiger partial charge in [0.1, 0.15) is 0 Å². The van der Waals surface area contributed by atoms with Gasteiger partial charge >= 0.3 is 11.9 Å². The summed E-state index contributed by atoms with van der Waals surface area (Å²) < 4.78 is 10.0.